The zero-order valence-corrected chi connectivity index (χ0v) is 29.7. The van der Waals surface area contributed by atoms with Gasteiger partial charge in [0.1, 0.15) is 0 Å². The van der Waals surface area contributed by atoms with Crippen molar-refractivity contribution in [3.05, 3.63) is 176 Å². The summed E-state index contributed by atoms with van der Waals surface area (Å²) in [5.74, 6) is 0. The van der Waals surface area contributed by atoms with Crippen molar-refractivity contribution in [1.82, 2.24) is 0 Å². The fraction of sp³-hybridized carbons (Fsp3) is 0.0612. The number of fused-ring (bicyclic) bond motifs is 4. The highest BCUT2D eigenvalue weighted by Gasteiger charge is 2.20. The third kappa shape index (κ3) is 5.14. The van der Waals surface area contributed by atoms with Crippen molar-refractivity contribution in [3.8, 4) is 44.5 Å². The molecule has 0 aliphatic rings. The van der Waals surface area contributed by atoms with Crippen LogP contribution in [0.3, 0.4) is 0 Å². The monoisotopic (exact) mass is 654 g/mol. The van der Waals surface area contributed by atoms with Gasteiger partial charge in [-0.3, -0.25) is 0 Å². The molecule has 0 radical (unpaired) electrons. The van der Waals surface area contributed by atoms with Crippen LogP contribution in [0.1, 0.15) is 0 Å². The Morgan fingerprint density at radius 1 is 0.300 bits per heavy atom. The second kappa shape index (κ2) is 12.0. The molecule has 0 heterocycles. The lowest BCUT2D eigenvalue weighted by Crippen LogP contribution is -2.37. The molecule has 9 rings (SSSR count). The van der Waals surface area contributed by atoms with Crippen LogP contribution in [0.2, 0.25) is 19.6 Å². The van der Waals surface area contributed by atoms with E-state index in [2.05, 4.69) is 196 Å². The van der Waals surface area contributed by atoms with E-state index in [9.17, 15) is 0 Å². The minimum atomic E-state index is -1.49. The van der Waals surface area contributed by atoms with Gasteiger partial charge < -0.3 is 0 Å². The molecule has 50 heavy (non-hydrogen) atoms. The van der Waals surface area contributed by atoms with Crippen LogP contribution in [0.4, 0.5) is 0 Å². The average Bonchev–Trinajstić information content (AvgIpc) is 3.16. The molecule has 0 aliphatic heterocycles. The molecule has 9 aromatic rings. The van der Waals surface area contributed by atoms with Gasteiger partial charge in [0, 0.05) is 0 Å². The summed E-state index contributed by atoms with van der Waals surface area (Å²) >= 11 is 0. The Hall–Kier alpha value is -5.76. The van der Waals surface area contributed by atoms with Crippen molar-refractivity contribution in [2.24, 2.45) is 0 Å². The van der Waals surface area contributed by atoms with E-state index >= 15 is 0 Å². The number of rotatable bonds is 5. The highest BCUT2D eigenvalue weighted by atomic mass is 28.3. The molecule has 0 fully saturated rings. The molecule has 0 aliphatic carbocycles. The Kier molecular flexibility index (Phi) is 7.26. The van der Waals surface area contributed by atoms with Gasteiger partial charge >= 0.3 is 0 Å². The molecule has 0 spiro atoms. The predicted molar refractivity (Wildman–Crippen MR) is 221 cm³/mol. The van der Waals surface area contributed by atoms with Gasteiger partial charge in [-0.25, -0.2) is 0 Å². The van der Waals surface area contributed by atoms with Gasteiger partial charge in [-0.15, -0.1) is 0 Å². The summed E-state index contributed by atoms with van der Waals surface area (Å²) < 4.78 is 0. The quantitative estimate of drug-likeness (QED) is 0.128. The zero-order chi connectivity index (χ0) is 33.8. The van der Waals surface area contributed by atoms with Crippen LogP contribution >= 0.6 is 0 Å². The minimum absolute atomic E-state index is 1.23. The fourth-order valence-electron chi connectivity index (χ4n) is 7.90. The smallest absolute Gasteiger partial charge is 0.0656 e. The first-order valence-electron chi connectivity index (χ1n) is 17.6. The molecule has 0 saturated carbocycles. The molecule has 238 valence electrons. The van der Waals surface area contributed by atoms with Gasteiger partial charge in [0.15, 0.2) is 0 Å². The summed E-state index contributed by atoms with van der Waals surface area (Å²) in [4.78, 5) is 0. The summed E-state index contributed by atoms with van der Waals surface area (Å²) in [5, 5.41) is 11.7. The van der Waals surface area contributed by atoms with E-state index in [1.807, 2.05) is 0 Å². The van der Waals surface area contributed by atoms with Crippen LogP contribution in [0.5, 0.6) is 0 Å². The second-order valence-corrected chi connectivity index (χ2v) is 19.6. The lowest BCUT2D eigenvalue weighted by molar-refractivity contribution is 1.62. The van der Waals surface area contributed by atoms with Crippen molar-refractivity contribution in [1.29, 1.82) is 0 Å². The van der Waals surface area contributed by atoms with Crippen LogP contribution in [0.25, 0.3) is 87.6 Å². The summed E-state index contributed by atoms with van der Waals surface area (Å²) in [7, 11) is -1.49. The Labute approximate surface area is 295 Å². The van der Waals surface area contributed by atoms with Crippen molar-refractivity contribution in [3.63, 3.8) is 0 Å². The van der Waals surface area contributed by atoms with E-state index in [4.69, 9.17) is 0 Å². The third-order valence-electron chi connectivity index (χ3n) is 10.4. The number of hydrogen-bond acceptors (Lipinski definition) is 0. The molecule has 1 heteroatoms. The minimum Gasteiger partial charge on any atom is -0.0656 e. The SMILES string of the molecule is C[Si](C)(C)c1cccc(-c2c3ccccc3c(-c3ccc4cccc(-c5cccc(-c6cccc7ccccc67)c5)c4c3)c3ccccc23)c1. The van der Waals surface area contributed by atoms with Crippen molar-refractivity contribution >= 4 is 56.4 Å². The lowest BCUT2D eigenvalue weighted by Gasteiger charge is -2.21. The molecular formula is C49H38Si. The Bertz CT molecular complexity index is 2680. The first-order valence-corrected chi connectivity index (χ1v) is 21.1. The maximum atomic E-state index is 2.45. The van der Waals surface area contributed by atoms with Gasteiger partial charge in [0.2, 0.25) is 0 Å². The van der Waals surface area contributed by atoms with Crippen molar-refractivity contribution in [2.45, 2.75) is 19.6 Å². The van der Waals surface area contributed by atoms with Crippen LogP contribution in [0.15, 0.2) is 176 Å². The first-order chi connectivity index (χ1) is 24.4. The normalized spacial score (nSPS) is 11.9. The summed E-state index contributed by atoms with van der Waals surface area (Å²) in [6, 6.07) is 65.4. The van der Waals surface area contributed by atoms with Crippen molar-refractivity contribution < 1.29 is 0 Å². The van der Waals surface area contributed by atoms with E-state index < -0.39 is 8.07 Å². The summed E-state index contributed by atoms with van der Waals surface area (Å²) in [6.07, 6.45) is 0. The topological polar surface area (TPSA) is 0 Å². The van der Waals surface area contributed by atoms with E-state index in [0.29, 0.717) is 0 Å². The van der Waals surface area contributed by atoms with Crippen LogP contribution in [-0.2, 0) is 0 Å². The zero-order valence-electron chi connectivity index (χ0n) is 28.7. The number of hydrogen-bond donors (Lipinski definition) is 0. The second-order valence-electron chi connectivity index (χ2n) is 14.5. The molecule has 0 N–H and O–H groups in total. The largest absolute Gasteiger partial charge is 0.0776 e. The lowest BCUT2D eigenvalue weighted by atomic mass is 9.85. The van der Waals surface area contributed by atoms with Crippen LogP contribution < -0.4 is 5.19 Å². The van der Waals surface area contributed by atoms with Gasteiger partial charge in [-0.05, 0) is 99.7 Å². The highest BCUT2D eigenvalue weighted by Crippen LogP contribution is 2.45. The molecule has 0 atom stereocenters. The molecule has 9 aromatic carbocycles. The van der Waals surface area contributed by atoms with Gasteiger partial charge in [0.05, 0.1) is 8.07 Å². The van der Waals surface area contributed by atoms with E-state index in [0.717, 1.165) is 0 Å². The maximum absolute atomic E-state index is 2.45. The summed E-state index contributed by atoms with van der Waals surface area (Å²) in [6.45, 7) is 7.29. The molecule has 0 unspecified atom stereocenters. The maximum Gasteiger partial charge on any atom is 0.0776 e. The Balaban J connectivity index is 1.26. The molecule has 0 saturated heterocycles. The number of benzene rings is 9. The molecule has 0 bridgehead atoms. The Morgan fingerprint density at radius 3 is 1.34 bits per heavy atom. The van der Waals surface area contributed by atoms with Crippen LogP contribution in [-0.4, -0.2) is 8.07 Å². The van der Waals surface area contributed by atoms with E-state index in [-0.39, 0.29) is 0 Å². The Morgan fingerprint density at radius 2 is 0.740 bits per heavy atom. The molecule has 0 amide bonds. The third-order valence-corrected chi connectivity index (χ3v) is 12.4. The summed E-state index contributed by atoms with van der Waals surface area (Å²) in [5.41, 5.74) is 10.1. The highest BCUT2D eigenvalue weighted by molar-refractivity contribution is 6.88. The van der Waals surface area contributed by atoms with Crippen molar-refractivity contribution in [2.75, 3.05) is 0 Å². The van der Waals surface area contributed by atoms with E-state index in [1.54, 1.807) is 0 Å². The molecule has 0 aromatic heterocycles. The van der Waals surface area contributed by atoms with Gasteiger partial charge in [-0.2, -0.15) is 0 Å². The van der Waals surface area contributed by atoms with Crippen LogP contribution in [0, 0.1) is 0 Å². The van der Waals surface area contributed by atoms with Gasteiger partial charge in [0.25, 0.3) is 0 Å². The van der Waals surface area contributed by atoms with Gasteiger partial charge in [-0.1, -0.05) is 189 Å². The standard InChI is InChI=1S/C49H38Si/c1-50(2,3)39-20-11-19-37(31-39)48-43-22-6-8-24-45(43)49(46-25-9-7-23-44(46)48)38-29-28-34-16-13-27-42(47(34)32-38)36-18-10-17-35(30-36)41-26-12-15-33-14-4-5-21-40(33)41/h4-32H,1-3H3. The molecule has 0 nitrogen and oxygen atoms in total. The first kappa shape index (κ1) is 30.3. The predicted octanol–water partition coefficient (Wildman–Crippen LogP) is 13.5. The van der Waals surface area contributed by atoms with E-state index in [1.165, 1.54) is 92.8 Å². The fourth-order valence-corrected chi connectivity index (χ4v) is 9.09. The average molecular weight is 655 g/mol. The molecular weight excluding hydrogens is 617 g/mol.